The standard InChI is InChI=1S/C24H19ClFN3O4/c25-19-8-16(13-32-21-5-3-20(26)4-6-21)7-18(10-19)24(31)29-12-17-2-1-15(11-27)9-22(17)33-14-23(28)30/h1-10H,12-14H2,(H2,28,30)(H,29,31). The van der Waals surface area contributed by atoms with Crippen LogP contribution in [0.15, 0.2) is 60.7 Å². The number of benzene rings is 3. The van der Waals surface area contributed by atoms with Crippen molar-refractivity contribution in [2.75, 3.05) is 6.61 Å². The Morgan fingerprint density at radius 1 is 1.06 bits per heavy atom. The molecule has 0 atom stereocenters. The summed E-state index contributed by atoms with van der Waals surface area (Å²) in [5.41, 5.74) is 6.98. The second-order valence-corrected chi connectivity index (χ2v) is 7.40. The first-order valence-electron chi connectivity index (χ1n) is 9.74. The highest BCUT2D eigenvalue weighted by Crippen LogP contribution is 2.22. The van der Waals surface area contributed by atoms with Gasteiger partial charge in [0.1, 0.15) is 23.9 Å². The maximum atomic E-state index is 13.0. The highest BCUT2D eigenvalue weighted by atomic mass is 35.5. The molecule has 0 radical (unpaired) electrons. The minimum atomic E-state index is -0.665. The van der Waals surface area contributed by atoms with Crippen molar-refractivity contribution in [2.45, 2.75) is 13.2 Å². The summed E-state index contributed by atoms with van der Waals surface area (Å²) < 4.78 is 24.0. The van der Waals surface area contributed by atoms with Gasteiger partial charge in [0, 0.05) is 22.7 Å². The molecule has 0 aromatic heterocycles. The van der Waals surface area contributed by atoms with Crippen LogP contribution in [-0.2, 0) is 17.9 Å². The van der Waals surface area contributed by atoms with E-state index in [0.29, 0.717) is 33.0 Å². The van der Waals surface area contributed by atoms with E-state index in [1.807, 2.05) is 6.07 Å². The number of nitrogens with two attached hydrogens (primary N) is 1. The molecule has 0 bridgehead atoms. The van der Waals surface area contributed by atoms with E-state index in [4.69, 9.17) is 32.1 Å². The van der Waals surface area contributed by atoms with Crippen LogP contribution >= 0.6 is 11.6 Å². The summed E-state index contributed by atoms with van der Waals surface area (Å²) in [4.78, 5) is 23.8. The molecule has 33 heavy (non-hydrogen) atoms. The Labute approximate surface area is 194 Å². The summed E-state index contributed by atoms with van der Waals surface area (Å²) >= 11 is 6.16. The van der Waals surface area contributed by atoms with Gasteiger partial charge in [-0.05, 0) is 60.2 Å². The Morgan fingerprint density at radius 2 is 1.82 bits per heavy atom. The van der Waals surface area contributed by atoms with Gasteiger partial charge in [-0.3, -0.25) is 9.59 Å². The molecule has 0 heterocycles. The topological polar surface area (TPSA) is 114 Å². The van der Waals surface area contributed by atoms with Crippen LogP contribution in [0.4, 0.5) is 4.39 Å². The molecule has 0 saturated carbocycles. The van der Waals surface area contributed by atoms with Gasteiger partial charge >= 0.3 is 0 Å². The van der Waals surface area contributed by atoms with Crippen molar-refractivity contribution in [3.05, 3.63) is 93.8 Å². The number of nitrogens with one attached hydrogen (secondary N) is 1. The van der Waals surface area contributed by atoms with Crippen molar-refractivity contribution in [3.63, 3.8) is 0 Å². The highest BCUT2D eigenvalue weighted by Gasteiger charge is 2.12. The smallest absolute Gasteiger partial charge is 0.255 e. The third-order valence-corrected chi connectivity index (χ3v) is 4.66. The van der Waals surface area contributed by atoms with Crippen LogP contribution in [0, 0.1) is 17.1 Å². The Kier molecular flexibility index (Phi) is 7.84. The lowest BCUT2D eigenvalue weighted by atomic mass is 10.1. The van der Waals surface area contributed by atoms with E-state index in [0.717, 1.165) is 0 Å². The number of primary amides is 1. The first kappa shape index (κ1) is 23.6. The molecule has 9 heteroatoms. The Bertz CT molecular complexity index is 1210. The number of carbonyl (C=O) groups excluding carboxylic acids is 2. The minimum absolute atomic E-state index is 0.0760. The maximum absolute atomic E-state index is 13.0. The quantitative estimate of drug-likeness (QED) is 0.497. The number of hydrogen-bond donors (Lipinski definition) is 2. The van der Waals surface area contributed by atoms with Gasteiger partial charge in [0.15, 0.2) is 6.61 Å². The lowest BCUT2D eigenvalue weighted by Gasteiger charge is -2.13. The van der Waals surface area contributed by atoms with E-state index in [-0.39, 0.29) is 31.3 Å². The molecule has 0 unspecified atom stereocenters. The fourth-order valence-electron chi connectivity index (χ4n) is 2.89. The van der Waals surface area contributed by atoms with Gasteiger partial charge in [0.25, 0.3) is 11.8 Å². The summed E-state index contributed by atoms with van der Waals surface area (Å²) in [5, 5.41) is 12.2. The van der Waals surface area contributed by atoms with Gasteiger partial charge in [0.2, 0.25) is 0 Å². The number of carbonyl (C=O) groups is 2. The molecule has 0 fully saturated rings. The van der Waals surface area contributed by atoms with Crippen LogP contribution in [0.1, 0.15) is 27.0 Å². The summed E-state index contributed by atoms with van der Waals surface area (Å²) in [7, 11) is 0. The second kappa shape index (κ2) is 11.0. The third-order valence-electron chi connectivity index (χ3n) is 4.44. The van der Waals surface area contributed by atoms with E-state index in [1.54, 1.807) is 24.3 Å². The minimum Gasteiger partial charge on any atom is -0.489 e. The number of nitriles is 1. The van der Waals surface area contributed by atoms with E-state index >= 15 is 0 Å². The van der Waals surface area contributed by atoms with Crippen molar-refractivity contribution in [1.29, 1.82) is 5.26 Å². The molecule has 0 aliphatic heterocycles. The molecule has 3 rings (SSSR count). The van der Waals surface area contributed by atoms with Crippen molar-refractivity contribution in [3.8, 4) is 17.6 Å². The Hall–Kier alpha value is -4.09. The fourth-order valence-corrected chi connectivity index (χ4v) is 3.15. The van der Waals surface area contributed by atoms with E-state index in [1.165, 1.54) is 36.4 Å². The lowest BCUT2D eigenvalue weighted by molar-refractivity contribution is -0.119. The number of hydrogen-bond acceptors (Lipinski definition) is 5. The number of nitrogens with zero attached hydrogens (tertiary/aromatic N) is 1. The Morgan fingerprint density at radius 3 is 2.52 bits per heavy atom. The molecule has 3 aromatic carbocycles. The van der Waals surface area contributed by atoms with Crippen LogP contribution in [0.5, 0.6) is 11.5 Å². The summed E-state index contributed by atoms with van der Waals surface area (Å²) in [6.45, 7) is -0.151. The molecular weight excluding hydrogens is 449 g/mol. The molecule has 7 nitrogen and oxygen atoms in total. The molecule has 0 aliphatic rings. The van der Waals surface area contributed by atoms with Crippen molar-refractivity contribution >= 4 is 23.4 Å². The maximum Gasteiger partial charge on any atom is 0.255 e. The first-order chi connectivity index (χ1) is 15.8. The van der Waals surface area contributed by atoms with Crippen molar-refractivity contribution < 1.29 is 23.5 Å². The number of ether oxygens (including phenoxy) is 2. The molecule has 0 aliphatic carbocycles. The number of rotatable bonds is 9. The molecular formula is C24H19ClFN3O4. The largest absolute Gasteiger partial charge is 0.489 e. The average Bonchev–Trinajstić information content (AvgIpc) is 2.80. The number of halogens is 2. The SMILES string of the molecule is N#Cc1ccc(CNC(=O)c2cc(Cl)cc(COc3ccc(F)cc3)c2)c(OCC(N)=O)c1. The molecule has 2 amide bonds. The van der Waals surface area contributed by atoms with Crippen molar-refractivity contribution in [1.82, 2.24) is 5.32 Å². The van der Waals surface area contributed by atoms with Gasteiger partial charge in [0.05, 0.1) is 11.6 Å². The monoisotopic (exact) mass is 467 g/mol. The van der Waals surface area contributed by atoms with Crippen LogP contribution in [0.3, 0.4) is 0 Å². The lowest BCUT2D eigenvalue weighted by Crippen LogP contribution is -2.24. The van der Waals surface area contributed by atoms with Gasteiger partial charge in [-0.15, -0.1) is 0 Å². The van der Waals surface area contributed by atoms with Crippen LogP contribution in [0.25, 0.3) is 0 Å². The van der Waals surface area contributed by atoms with Crippen LogP contribution < -0.4 is 20.5 Å². The van der Waals surface area contributed by atoms with Gasteiger partial charge in [-0.1, -0.05) is 17.7 Å². The predicted octanol–water partition coefficient (Wildman–Crippen LogP) is 3.72. The van der Waals surface area contributed by atoms with Crippen molar-refractivity contribution in [2.24, 2.45) is 5.73 Å². The first-order valence-corrected chi connectivity index (χ1v) is 10.1. The molecule has 168 valence electrons. The van der Waals surface area contributed by atoms with Gasteiger partial charge in [-0.25, -0.2) is 4.39 Å². The predicted molar refractivity (Wildman–Crippen MR) is 119 cm³/mol. The van der Waals surface area contributed by atoms with Crippen LogP contribution in [0.2, 0.25) is 5.02 Å². The summed E-state index contributed by atoms with van der Waals surface area (Å²) in [6, 6.07) is 17.0. The molecule has 0 saturated heterocycles. The van der Waals surface area contributed by atoms with Crippen LogP contribution in [-0.4, -0.2) is 18.4 Å². The highest BCUT2D eigenvalue weighted by molar-refractivity contribution is 6.31. The molecule has 0 spiro atoms. The zero-order valence-electron chi connectivity index (χ0n) is 17.3. The van der Waals surface area contributed by atoms with Gasteiger partial charge in [-0.2, -0.15) is 5.26 Å². The average molecular weight is 468 g/mol. The molecule has 3 N–H and O–H groups in total. The van der Waals surface area contributed by atoms with E-state index in [2.05, 4.69) is 5.32 Å². The van der Waals surface area contributed by atoms with E-state index < -0.39 is 11.8 Å². The summed E-state index contributed by atoms with van der Waals surface area (Å²) in [6.07, 6.45) is 0. The normalized spacial score (nSPS) is 10.2. The number of amides is 2. The molecule has 3 aromatic rings. The Balaban J connectivity index is 1.68. The third kappa shape index (κ3) is 6.95. The fraction of sp³-hybridized carbons (Fsp3) is 0.125. The van der Waals surface area contributed by atoms with E-state index in [9.17, 15) is 14.0 Å². The second-order valence-electron chi connectivity index (χ2n) is 6.96. The zero-order valence-corrected chi connectivity index (χ0v) is 18.1. The van der Waals surface area contributed by atoms with Gasteiger partial charge < -0.3 is 20.5 Å². The zero-order chi connectivity index (χ0) is 23.8. The summed E-state index contributed by atoms with van der Waals surface area (Å²) in [5.74, 6) is -0.679.